The van der Waals surface area contributed by atoms with Crippen LogP contribution in [0.1, 0.15) is 29.5 Å². The maximum Gasteiger partial charge on any atom is 0.140 e. The summed E-state index contributed by atoms with van der Waals surface area (Å²) in [7, 11) is 1.65. The lowest BCUT2D eigenvalue weighted by Crippen LogP contribution is -2.18. The molecule has 21 heavy (non-hydrogen) atoms. The van der Waals surface area contributed by atoms with Crippen molar-refractivity contribution >= 4 is 0 Å². The van der Waals surface area contributed by atoms with Gasteiger partial charge in [0, 0.05) is 6.04 Å². The van der Waals surface area contributed by atoms with Gasteiger partial charge in [-0.25, -0.2) is 0 Å². The zero-order valence-corrected chi connectivity index (χ0v) is 13.0. The second kappa shape index (κ2) is 6.63. The van der Waals surface area contributed by atoms with Crippen LogP contribution in [0.2, 0.25) is 0 Å². The molecule has 0 saturated heterocycles. The summed E-state index contributed by atoms with van der Waals surface area (Å²) in [5, 5.41) is 3.93. The lowest BCUT2D eigenvalue weighted by Gasteiger charge is -2.14. The molecule has 0 aliphatic rings. The van der Waals surface area contributed by atoms with Crippen LogP contribution in [-0.4, -0.2) is 18.3 Å². The largest absolute Gasteiger partial charge is 0.497 e. The van der Waals surface area contributed by atoms with Gasteiger partial charge in [0.05, 0.1) is 18.4 Å². The highest BCUT2D eigenvalue weighted by Crippen LogP contribution is 2.26. The van der Waals surface area contributed by atoms with E-state index in [1.54, 1.807) is 7.11 Å². The molecule has 114 valence electrons. The first-order chi connectivity index (χ1) is 10.0. The second-order valence-corrected chi connectivity index (χ2v) is 5.25. The Balaban J connectivity index is 2.18. The summed E-state index contributed by atoms with van der Waals surface area (Å²) in [6.45, 7) is 6.19. The minimum Gasteiger partial charge on any atom is -0.497 e. The standard InChI is InChI=1S/C16H22N2O3/c1-10(17)7-13-8-14(19-4)5-6-16(13)20-9-15-11(2)18-21-12(15)3/h5-6,8,10H,7,9,17H2,1-4H3. The molecule has 5 nitrogen and oxygen atoms in total. The van der Waals surface area contributed by atoms with Crippen LogP contribution >= 0.6 is 0 Å². The SMILES string of the molecule is COc1ccc(OCc2c(C)noc2C)c(CC(C)N)c1. The third-order valence-electron chi connectivity index (χ3n) is 3.36. The average Bonchev–Trinajstić information content (AvgIpc) is 2.76. The molecule has 2 rings (SSSR count). The van der Waals surface area contributed by atoms with Gasteiger partial charge in [0.25, 0.3) is 0 Å². The number of methoxy groups -OCH3 is 1. The third-order valence-corrected chi connectivity index (χ3v) is 3.36. The van der Waals surface area contributed by atoms with E-state index in [2.05, 4.69) is 5.16 Å². The minimum atomic E-state index is 0.0542. The number of rotatable bonds is 6. The van der Waals surface area contributed by atoms with Crippen molar-refractivity contribution in [1.82, 2.24) is 5.16 Å². The van der Waals surface area contributed by atoms with E-state index in [1.165, 1.54) is 0 Å². The number of aryl methyl sites for hydroxylation is 2. The molecule has 2 N–H and O–H groups in total. The molecule has 0 spiro atoms. The van der Waals surface area contributed by atoms with Gasteiger partial charge in [-0.2, -0.15) is 0 Å². The van der Waals surface area contributed by atoms with Crippen LogP contribution in [0.25, 0.3) is 0 Å². The van der Waals surface area contributed by atoms with Crippen LogP contribution in [-0.2, 0) is 13.0 Å². The smallest absolute Gasteiger partial charge is 0.140 e. The zero-order chi connectivity index (χ0) is 15.4. The van der Waals surface area contributed by atoms with Crippen LogP contribution < -0.4 is 15.2 Å². The van der Waals surface area contributed by atoms with Crippen molar-refractivity contribution in [2.24, 2.45) is 5.73 Å². The van der Waals surface area contributed by atoms with Crippen LogP contribution in [0, 0.1) is 13.8 Å². The molecule has 1 atom stereocenters. The fourth-order valence-corrected chi connectivity index (χ4v) is 2.19. The van der Waals surface area contributed by atoms with E-state index in [0.29, 0.717) is 6.61 Å². The highest BCUT2D eigenvalue weighted by atomic mass is 16.5. The summed E-state index contributed by atoms with van der Waals surface area (Å²) in [4.78, 5) is 0. The zero-order valence-electron chi connectivity index (χ0n) is 13.0. The molecular weight excluding hydrogens is 268 g/mol. The van der Waals surface area contributed by atoms with E-state index < -0.39 is 0 Å². The average molecular weight is 290 g/mol. The van der Waals surface area contributed by atoms with Crippen LogP contribution in [0.3, 0.4) is 0 Å². The van der Waals surface area contributed by atoms with Gasteiger partial charge in [0.2, 0.25) is 0 Å². The van der Waals surface area contributed by atoms with Gasteiger partial charge in [-0.15, -0.1) is 0 Å². The highest BCUT2D eigenvalue weighted by molar-refractivity contribution is 5.41. The molecule has 1 aromatic heterocycles. The predicted molar refractivity (Wildman–Crippen MR) is 80.7 cm³/mol. The normalized spacial score (nSPS) is 12.2. The Kier molecular flexibility index (Phi) is 4.85. The molecule has 1 aromatic carbocycles. The van der Waals surface area contributed by atoms with Gasteiger partial charge in [-0.3, -0.25) is 0 Å². The van der Waals surface area contributed by atoms with Crippen LogP contribution in [0.5, 0.6) is 11.5 Å². The topological polar surface area (TPSA) is 70.5 Å². The summed E-state index contributed by atoms with van der Waals surface area (Å²) < 4.78 is 16.3. The Hall–Kier alpha value is -2.01. The summed E-state index contributed by atoms with van der Waals surface area (Å²) in [6, 6.07) is 5.81. The third kappa shape index (κ3) is 3.76. The Morgan fingerprint density at radius 1 is 1.33 bits per heavy atom. The van der Waals surface area contributed by atoms with Crippen molar-refractivity contribution in [3.05, 3.63) is 40.8 Å². The molecule has 2 aromatic rings. The number of hydrogen-bond acceptors (Lipinski definition) is 5. The molecule has 1 heterocycles. The summed E-state index contributed by atoms with van der Waals surface area (Å²) in [5.74, 6) is 2.40. The number of benzene rings is 1. The fraction of sp³-hybridized carbons (Fsp3) is 0.438. The first-order valence-electron chi connectivity index (χ1n) is 6.98. The maximum atomic E-state index is 5.93. The quantitative estimate of drug-likeness (QED) is 0.885. The predicted octanol–water partition coefficient (Wildman–Crippen LogP) is 2.77. The molecular formula is C16H22N2O3. The number of aromatic nitrogens is 1. The lowest BCUT2D eigenvalue weighted by atomic mass is 10.1. The van der Waals surface area contributed by atoms with E-state index in [4.69, 9.17) is 19.7 Å². The Labute approximate surface area is 125 Å². The lowest BCUT2D eigenvalue weighted by molar-refractivity contribution is 0.297. The number of hydrogen-bond donors (Lipinski definition) is 1. The number of nitrogens with two attached hydrogens (primary N) is 1. The van der Waals surface area contributed by atoms with Crippen molar-refractivity contribution in [1.29, 1.82) is 0 Å². The number of nitrogens with zero attached hydrogens (tertiary/aromatic N) is 1. The van der Waals surface area contributed by atoms with Crippen molar-refractivity contribution < 1.29 is 14.0 Å². The Morgan fingerprint density at radius 2 is 2.10 bits per heavy atom. The summed E-state index contributed by atoms with van der Waals surface area (Å²) in [5.41, 5.74) is 8.78. The number of ether oxygens (including phenoxy) is 2. The molecule has 0 saturated carbocycles. The molecule has 0 amide bonds. The molecule has 1 unspecified atom stereocenters. The molecule has 0 aliphatic carbocycles. The molecule has 0 bridgehead atoms. The molecule has 0 aliphatic heterocycles. The van der Waals surface area contributed by atoms with E-state index in [0.717, 1.165) is 40.5 Å². The minimum absolute atomic E-state index is 0.0542. The molecule has 0 radical (unpaired) electrons. The van der Waals surface area contributed by atoms with Gasteiger partial charge in [0.15, 0.2) is 0 Å². The van der Waals surface area contributed by atoms with Crippen molar-refractivity contribution in [2.75, 3.05) is 7.11 Å². The van der Waals surface area contributed by atoms with Gasteiger partial charge in [-0.05, 0) is 51.0 Å². The van der Waals surface area contributed by atoms with Crippen molar-refractivity contribution in [2.45, 2.75) is 39.8 Å². The monoisotopic (exact) mass is 290 g/mol. The summed E-state index contributed by atoms with van der Waals surface area (Å²) in [6.07, 6.45) is 0.730. The van der Waals surface area contributed by atoms with E-state index in [1.807, 2.05) is 39.0 Å². The second-order valence-electron chi connectivity index (χ2n) is 5.25. The summed E-state index contributed by atoms with van der Waals surface area (Å²) >= 11 is 0. The molecule has 0 fully saturated rings. The van der Waals surface area contributed by atoms with E-state index >= 15 is 0 Å². The highest BCUT2D eigenvalue weighted by Gasteiger charge is 2.12. The molecule has 5 heteroatoms. The van der Waals surface area contributed by atoms with E-state index in [-0.39, 0.29) is 6.04 Å². The van der Waals surface area contributed by atoms with Gasteiger partial charge >= 0.3 is 0 Å². The van der Waals surface area contributed by atoms with Gasteiger partial charge in [0.1, 0.15) is 23.9 Å². The van der Waals surface area contributed by atoms with Gasteiger partial charge in [-0.1, -0.05) is 5.16 Å². The van der Waals surface area contributed by atoms with Gasteiger partial charge < -0.3 is 19.7 Å². The fourth-order valence-electron chi connectivity index (χ4n) is 2.19. The Bertz CT molecular complexity index is 586. The Morgan fingerprint density at radius 3 is 2.67 bits per heavy atom. The van der Waals surface area contributed by atoms with E-state index in [9.17, 15) is 0 Å². The first kappa shape index (κ1) is 15.4. The first-order valence-corrected chi connectivity index (χ1v) is 6.98. The van der Waals surface area contributed by atoms with Crippen LogP contribution in [0.4, 0.5) is 0 Å². The van der Waals surface area contributed by atoms with Crippen molar-refractivity contribution in [3.63, 3.8) is 0 Å². The van der Waals surface area contributed by atoms with Crippen molar-refractivity contribution in [3.8, 4) is 11.5 Å². The van der Waals surface area contributed by atoms with Crippen LogP contribution in [0.15, 0.2) is 22.7 Å². The maximum absolute atomic E-state index is 5.93.